The first-order valence-electron chi connectivity index (χ1n) is 10.4. The molecule has 0 radical (unpaired) electrons. The first-order chi connectivity index (χ1) is 17.0. The van der Waals surface area contributed by atoms with Gasteiger partial charge in [0, 0.05) is 23.6 Å². The van der Waals surface area contributed by atoms with Gasteiger partial charge in [0.25, 0.3) is 5.56 Å². The highest BCUT2D eigenvalue weighted by molar-refractivity contribution is 6.03. The van der Waals surface area contributed by atoms with Gasteiger partial charge in [0.1, 0.15) is 11.4 Å². The van der Waals surface area contributed by atoms with E-state index in [4.69, 9.17) is 0 Å². The molecular formula is C24H14F6N4O2. The number of nitrogens with zero attached hydrogens (tertiary/aromatic N) is 3. The summed E-state index contributed by atoms with van der Waals surface area (Å²) in [5.74, 6) is -0.457. The van der Waals surface area contributed by atoms with Gasteiger partial charge in [-0.3, -0.25) is 14.5 Å². The number of alkyl halides is 6. The Balaban J connectivity index is 1.73. The fourth-order valence-electron chi connectivity index (χ4n) is 4.03. The van der Waals surface area contributed by atoms with E-state index in [0.717, 1.165) is 22.8 Å². The maximum Gasteiger partial charge on any atom is 0.573 e. The van der Waals surface area contributed by atoms with Gasteiger partial charge in [-0.25, -0.2) is 4.98 Å². The van der Waals surface area contributed by atoms with Crippen LogP contribution in [0.4, 0.5) is 26.3 Å². The maximum absolute atomic E-state index is 13.7. The molecule has 0 aliphatic heterocycles. The second-order valence-corrected chi connectivity index (χ2v) is 7.82. The first kappa shape index (κ1) is 23.4. The average Bonchev–Trinajstić information content (AvgIpc) is 3.23. The number of hydrogen-bond acceptors (Lipinski definition) is 4. The normalized spacial score (nSPS) is 12.4. The quantitative estimate of drug-likeness (QED) is 0.316. The third-order valence-electron chi connectivity index (χ3n) is 5.51. The molecule has 3 aromatic heterocycles. The van der Waals surface area contributed by atoms with Crippen LogP contribution in [-0.2, 0) is 12.6 Å². The topological polar surface area (TPSA) is 72.8 Å². The maximum atomic E-state index is 13.7. The van der Waals surface area contributed by atoms with Crippen LogP contribution in [0.3, 0.4) is 0 Å². The van der Waals surface area contributed by atoms with Gasteiger partial charge >= 0.3 is 12.5 Å². The Morgan fingerprint density at radius 1 is 0.944 bits per heavy atom. The number of rotatable bonds is 4. The molecule has 12 heteroatoms. The lowest BCUT2D eigenvalue weighted by atomic mass is 10.1. The van der Waals surface area contributed by atoms with Gasteiger partial charge in [-0.1, -0.05) is 24.3 Å². The zero-order valence-corrected chi connectivity index (χ0v) is 18.0. The molecule has 0 aliphatic carbocycles. The summed E-state index contributed by atoms with van der Waals surface area (Å²) in [6.45, 7) is 0. The number of fused-ring (bicyclic) bond motifs is 3. The van der Waals surface area contributed by atoms with Crippen LogP contribution in [0, 0.1) is 0 Å². The van der Waals surface area contributed by atoms with Gasteiger partial charge in [0.05, 0.1) is 27.8 Å². The molecule has 0 bridgehead atoms. The molecule has 5 rings (SSSR count). The van der Waals surface area contributed by atoms with E-state index < -0.39 is 29.4 Å². The zero-order valence-electron chi connectivity index (χ0n) is 18.0. The predicted molar refractivity (Wildman–Crippen MR) is 118 cm³/mol. The van der Waals surface area contributed by atoms with E-state index in [1.807, 2.05) is 0 Å². The van der Waals surface area contributed by atoms with Crippen LogP contribution >= 0.6 is 0 Å². The summed E-state index contributed by atoms with van der Waals surface area (Å²) in [6, 6.07) is 12.8. The lowest BCUT2D eigenvalue weighted by Crippen LogP contribution is -2.21. The lowest BCUT2D eigenvalue weighted by molar-refractivity contribution is -0.274. The molecule has 0 atom stereocenters. The average molecular weight is 504 g/mol. The molecule has 0 saturated heterocycles. The molecule has 0 amide bonds. The molecule has 184 valence electrons. The number of aromatic amines is 1. The number of hydrogen-bond donors (Lipinski definition) is 1. The SMILES string of the molecule is O=c1c2c(Cc3ccccc3OC(F)(F)F)n[nH]c2c2cccnc2n1-c1cccc(C(F)(F)F)c1. The van der Waals surface area contributed by atoms with Crippen molar-refractivity contribution in [1.29, 1.82) is 0 Å². The number of ether oxygens (including phenoxy) is 1. The molecule has 3 heterocycles. The van der Waals surface area contributed by atoms with Crippen molar-refractivity contribution >= 4 is 21.9 Å². The molecule has 0 saturated carbocycles. The molecule has 2 aromatic carbocycles. The van der Waals surface area contributed by atoms with E-state index in [0.29, 0.717) is 5.39 Å². The van der Waals surface area contributed by atoms with Crippen LogP contribution in [0.1, 0.15) is 16.8 Å². The fourth-order valence-corrected chi connectivity index (χ4v) is 4.03. The number of benzene rings is 2. The van der Waals surface area contributed by atoms with Crippen molar-refractivity contribution in [2.24, 2.45) is 0 Å². The lowest BCUT2D eigenvalue weighted by Gasteiger charge is -2.14. The van der Waals surface area contributed by atoms with E-state index in [1.54, 1.807) is 12.1 Å². The van der Waals surface area contributed by atoms with Gasteiger partial charge in [-0.15, -0.1) is 13.2 Å². The summed E-state index contributed by atoms with van der Waals surface area (Å²) in [4.78, 5) is 17.9. The minimum Gasteiger partial charge on any atom is -0.405 e. The standard InChI is InChI=1S/C24H14F6N4O2/c25-23(26,27)14-6-3-7-15(12-14)34-21-16(8-4-10-31-21)20-19(22(34)35)17(32-33-20)11-13-5-1-2-9-18(13)36-24(28,29)30/h1-10,12H,11H2,(H,32,33). The summed E-state index contributed by atoms with van der Waals surface area (Å²) in [7, 11) is 0. The van der Waals surface area contributed by atoms with Crippen LogP contribution in [0.2, 0.25) is 0 Å². The summed E-state index contributed by atoms with van der Waals surface area (Å²) in [6.07, 6.45) is -8.40. The number of nitrogens with one attached hydrogen (secondary N) is 1. The van der Waals surface area contributed by atoms with E-state index in [2.05, 4.69) is 19.9 Å². The predicted octanol–water partition coefficient (Wildman–Crippen LogP) is 5.77. The molecule has 1 N–H and O–H groups in total. The van der Waals surface area contributed by atoms with Crippen molar-refractivity contribution in [2.75, 3.05) is 0 Å². The Bertz CT molecular complexity index is 1650. The van der Waals surface area contributed by atoms with Crippen LogP contribution in [0.25, 0.3) is 27.6 Å². The van der Waals surface area contributed by atoms with Crippen LogP contribution < -0.4 is 10.3 Å². The van der Waals surface area contributed by atoms with E-state index in [9.17, 15) is 31.1 Å². The number of aromatic nitrogens is 4. The monoisotopic (exact) mass is 504 g/mol. The van der Waals surface area contributed by atoms with Crippen LogP contribution in [0.15, 0.2) is 71.7 Å². The third-order valence-corrected chi connectivity index (χ3v) is 5.51. The zero-order chi connectivity index (χ0) is 25.7. The van der Waals surface area contributed by atoms with Gasteiger partial charge in [0.2, 0.25) is 0 Å². The summed E-state index contributed by atoms with van der Waals surface area (Å²) in [5, 5.41) is 7.28. The fraction of sp³-hybridized carbons (Fsp3) is 0.125. The largest absolute Gasteiger partial charge is 0.573 e. The molecule has 0 aliphatic rings. The first-order valence-corrected chi connectivity index (χ1v) is 10.4. The molecule has 0 unspecified atom stereocenters. The molecular weight excluding hydrogens is 490 g/mol. The van der Waals surface area contributed by atoms with Gasteiger partial charge < -0.3 is 4.74 Å². The Hall–Kier alpha value is -4.35. The van der Waals surface area contributed by atoms with Gasteiger partial charge in [-0.05, 0) is 36.4 Å². The summed E-state index contributed by atoms with van der Waals surface area (Å²) in [5.41, 5.74) is -1.20. The highest BCUT2D eigenvalue weighted by atomic mass is 19.4. The Kier molecular flexibility index (Phi) is 5.46. The van der Waals surface area contributed by atoms with Crippen molar-refractivity contribution in [2.45, 2.75) is 19.0 Å². The minimum absolute atomic E-state index is 0.00900. The number of para-hydroxylation sites is 1. The van der Waals surface area contributed by atoms with Gasteiger partial charge in [-0.2, -0.15) is 18.3 Å². The number of pyridine rings is 2. The van der Waals surface area contributed by atoms with Crippen LogP contribution in [-0.4, -0.2) is 26.1 Å². The van der Waals surface area contributed by atoms with E-state index in [1.165, 1.54) is 36.5 Å². The van der Waals surface area contributed by atoms with Crippen LogP contribution in [0.5, 0.6) is 5.75 Å². The van der Waals surface area contributed by atoms with E-state index >= 15 is 0 Å². The Morgan fingerprint density at radius 3 is 2.47 bits per heavy atom. The second kappa shape index (κ2) is 8.40. The van der Waals surface area contributed by atoms with E-state index in [-0.39, 0.29) is 39.9 Å². The smallest absolute Gasteiger partial charge is 0.405 e. The molecule has 6 nitrogen and oxygen atoms in total. The minimum atomic E-state index is -4.93. The Labute approximate surface area is 197 Å². The highest BCUT2D eigenvalue weighted by Gasteiger charge is 2.33. The highest BCUT2D eigenvalue weighted by Crippen LogP contribution is 2.32. The van der Waals surface area contributed by atoms with Crippen molar-refractivity contribution in [3.63, 3.8) is 0 Å². The molecule has 0 fully saturated rings. The molecule has 5 aromatic rings. The second-order valence-electron chi connectivity index (χ2n) is 7.82. The summed E-state index contributed by atoms with van der Waals surface area (Å²) >= 11 is 0. The number of halogens is 6. The van der Waals surface area contributed by atoms with Crippen molar-refractivity contribution in [3.05, 3.63) is 94.0 Å². The third kappa shape index (κ3) is 4.25. The van der Waals surface area contributed by atoms with Gasteiger partial charge in [0.15, 0.2) is 0 Å². The van der Waals surface area contributed by atoms with Crippen molar-refractivity contribution < 1.29 is 31.1 Å². The molecule has 36 heavy (non-hydrogen) atoms. The number of H-pyrrole nitrogens is 1. The van der Waals surface area contributed by atoms with Crippen molar-refractivity contribution in [1.82, 2.24) is 19.7 Å². The van der Waals surface area contributed by atoms with Crippen molar-refractivity contribution in [3.8, 4) is 11.4 Å². The Morgan fingerprint density at radius 2 is 1.72 bits per heavy atom. The molecule has 0 spiro atoms. The summed E-state index contributed by atoms with van der Waals surface area (Å²) < 4.78 is 83.8.